The predicted molar refractivity (Wildman–Crippen MR) is 207 cm³/mol. The second kappa shape index (κ2) is 21.6. The molecule has 5 N–H and O–H groups in total. The molecule has 4 rings (SSSR count). The number of aliphatic hydroxyl groups is 2. The van der Waals surface area contributed by atoms with E-state index in [1.807, 2.05) is 62.4 Å². The summed E-state index contributed by atoms with van der Waals surface area (Å²) in [5, 5.41) is 41.7. The van der Waals surface area contributed by atoms with Crippen LogP contribution in [0.15, 0.2) is 95.3 Å². The number of rotatable bonds is 22. The molecule has 0 fully saturated rings. The summed E-state index contributed by atoms with van der Waals surface area (Å²) >= 11 is 0. The molecule has 55 heavy (non-hydrogen) atoms. The van der Waals surface area contributed by atoms with Gasteiger partial charge in [-0.2, -0.15) is 0 Å². The Balaban J connectivity index is 1.29. The number of hydrogen-bond donors (Lipinski definition) is 5. The number of nitrogens with zero attached hydrogens (tertiary/aromatic N) is 1. The number of aryl methyl sites for hydroxylation is 2. The third-order valence-corrected chi connectivity index (χ3v) is 8.89. The van der Waals surface area contributed by atoms with Crippen LogP contribution in [-0.4, -0.2) is 91.9 Å². The minimum absolute atomic E-state index is 0.0439. The van der Waals surface area contributed by atoms with E-state index in [-0.39, 0.29) is 56.4 Å². The molecule has 0 spiro atoms. The highest BCUT2D eigenvalue weighted by atomic mass is 16.6. The van der Waals surface area contributed by atoms with Crippen LogP contribution in [0.1, 0.15) is 49.3 Å². The molecular formula is C41H52N4O10. The van der Waals surface area contributed by atoms with E-state index in [0.717, 1.165) is 11.1 Å². The number of nitro benzene ring substituents is 1. The fourth-order valence-electron chi connectivity index (χ4n) is 6.03. The minimum atomic E-state index is -0.996. The van der Waals surface area contributed by atoms with E-state index in [0.29, 0.717) is 54.4 Å². The fourth-order valence-corrected chi connectivity index (χ4v) is 6.03. The molecule has 0 saturated carbocycles. The molecule has 0 saturated heterocycles. The molecule has 3 aromatic carbocycles. The molecule has 0 radical (unpaired) electrons. The average molecular weight is 761 g/mol. The molecule has 14 nitrogen and oxygen atoms in total. The van der Waals surface area contributed by atoms with Gasteiger partial charge in [0.2, 0.25) is 0 Å². The lowest BCUT2D eigenvalue weighted by Crippen LogP contribution is -2.34. The quantitative estimate of drug-likeness (QED) is 0.0421. The lowest BCUT2D eigenvalue weighted by Gasteiger charge is -2.30. The first-order valence-electron chi connectivity index (χ1n) is 18.4. The Morgan fingerprint density at radius 2 is 1.22 bits per heavy atom. The third kappa shape index (κ3) is 12.9. The summed E-state index contributed by atoms with van der Waals surface area (Å²) in [7, 11) is 0. The number of ether oxygens (including phenoxy) is 4. The lowest BCUT2D eigenvalue weighted by molar-refractivity contribution is -0.384. The SMILES string of the molecule is CC1=C(C(=O)OCCCNCC(O)COc2ccccc2C)C(c2cccc([N+](=O)[O-])c2)C(C(=O)OCCCNCC(O)COc2ccccc2C)=C(C)N1. The highest BCUT2D eigenvalue weighted by molar-refractivity contribution is 6.00. The number of hydrogen-bond acceptors (Lipinski definition) is 13. The van der Waals surface area contributed by atoms with Crippen LogP contribution in [0.4, 0.5) is 5.69 Å². The zero-order chi connectivity index (χ0) is 39.7. The van der Waals surface area contributed by atoms with Crippen molar-refractivity contribution < 1.29 is 43.7 Å². The summed E-state index contributed by atoms with van der Waals surface area (Å²) < 4.78 is 22.7. The standard InChI is InChI=1S/C41H52N4O10/c1-27-12-5-7-16-35(27)54-25-33(46)23-42-18-10-20-52-40(48)37-29(3)44-30(4)38(39(37)31-14-9-15-32(22-31)45(50)51)41(49)53-21-11-19-43-24-34(47)26-55-36-17-8-6-13-28(36)2/h5-9,12-17,22,33-34,39,42-44,46-47H,10-11,18-21,23-26H2,1-4H3. The van der Waals surface area contributed by atoms with Crippen molar-refractivity contribution in [3.8, 4) is 11.5 Å². The monoisotopic (exact) mass is 760 g/mol. The second-order valence-electron chi connectivity index (χ2n) is 13.3. The van der Waals surface area contributed by atoms with Gasteiger partial charge in [-0.15, -0.1) is 0 Å². The fraction of sp³-hybridized carbons (Fsp3) is 0.415. The Kier molecular flexibility index (Phi) is 16.7. The van der Waals surface area contributed by atoms with Gasteiger partial charge in [-0.1, -0.05) is 48.5 Å². The van der Waals surface area contributed by atoms with E-state index in [4.69, 9.17) is 18.9 Å². The first-order valence-corrected chi connectivity index (χ1v) is 18.4. The van der Waals surface area contributed by atoms with Crippen molar-refractivity contribution in [2.24, 2.45) is 0 Å². The third-order valence-electron chi connectivity index (χ3n) is 8.89. The van der Waals surface area contributed by atoms with Gasteiger partial charge in [-0.3, -0.25) is 10.1 Å². The van der Waals surface area contributed by atoms with E-state index in [1.54, 1.807) is 19.9 Å². The molecule has 3 aromatic rings. The number of esters is 2. The lowest BCUT2D eigenvalue weighted by atomic mass is 9.80. The molecule has 1 heterocycles. The first kappa shape index (κ1) is 42.5. The van der Waals surface area contributed by atoms with Crippen LogP contribution in [-0.2, 0) is 19.1 Å². The zero-order valence-electron chi connectivity index (χ0n) is 31.8. The van der Waals surface area contributed by atoms with Gasteiger partial charge in [0.05, 0.1) is 35.2 Å². The highest BCUT2D eigenvalue weighted by Gasteiger charge is 2.38. The Morgan fingerprint density at radius 1 is 0.745 bits per heavy atom. The van der Waals surface area contributed by atoms with E-state index in [1.165, 1.54) is 18.2 Å². The molecule has 0 aliphatic carbocycles. The van der Waals surface area contributed by atoms with Crippen molar-refractivity contribution in [2.75, 3.05) is 52.6 Å². The molecule has 0 amide bonds. The predicted octanol–water partition coefficient (Wildman–Crippen LogP) is 4.37. The summed E-state index contributed by atoms with van der Waals surface area (Å²) in [6.07, 6.45) is -0.614. The normalized spacial score (nSPS) is 15.2. The number of benzene rings is 3. The van der Waals surface area contributed by atoms with Crippen molar-refractivity contribution >= 4 is 17.6 Å². The summed E-state index contributed by atoms with van der Waals surface area (Å²) in [4.78, 5) is 38.5. The number of nitro groups is 1. The topological polar surface area (TPSA) is 191 Å². The molecule has 14 heteroatoms. The smallest absolute Gasteiger partial charge is 0.336 e. The van der Waals surface area contributed by atoms with E-state index < -0.39 is 35.0 Å². The first-order chi connectivity index (χ1) is 26.5. The summed E-state index contributed by atoms with van der Waals surface area (Å²) in [5.41, 5.74) is 3.28. The largest absolute Gasteiger partial charge is 0.491 e. The number of allylic oxidation sites excluding steroid dienone is 2. The number of dihydropyridines is 1. The van der Waals surface area contributed by atoms with Gasteiger partial charge in [-0.25, -0.2) is 9.59 Å². The molecule has 1 aliphatic rings. The van der Waals surface area contributed by atoms with Gasteiger partial charge in [0.15, 0.2) is 0 Å². The summed E-state index contributed by atoms with van der Waals surface area (Å²) in [6.45, 7) is 9.01. The van der Waals surface area contributed by atoms with Gasteiger partial charge in [0.25, 0.3) is 5.69 Å². The number of non-ortho nitro benzene ring substituents is 1. The van der Waals surface area contributed by atoms with Crippen molar-refractivity contribution in [1.82, 2.24) is 16.0 Å². The summed E-state index contributed by atoms with van der Waals surface area (Å²) in [6, 6.07) is 20.9. The van der Waals surface area contributed by atoms with Crippen LogP contribution in [0.5, 0.6) is 11.5 Å². The Morgan fingerprint density at radius 3 is 1.67 bits per heavy atom. The Hall–Kier alpha value is -5.28. The average Bonchev–Trinajstić information content (AvgIpc) is 3.16. The van der Waals surface area contributed by atoms with Crippen LogP contribution in [0.2, 0.25) is 0 Å². The molecular weight excluding hydrogens is 708 g/mol. The molecule has 2 atom stereocenters. The molecule has 1 aliphatic heterocycles. The highest BCUT2D eigenvalue weighted by Crippen LogP contribution is 2.40. The van der Waals surface area contributed by atoms with E-state index >= 15 is 0 Å². The van der Waals surface area contributed by atoms with Crippen molar-refractivity contribution in [2.45, 2.75) is 58.7 Å². The second-order valence-corrected chi connectivity index (χ2v) is 13.3. The van der Waals surface area contributed by atoms with E-state index in [9.17, 15) is 29.9 Å². The van der Waals surface area contributed by atoms with Gasteiger partial charge in [-0.05, 0) is 82.4 Å². The number of carbonyl (C=O) groups is 2. The van der Waals surface area contributed by atoms with Crippen LogP contribution in [0.3, 0.4) is 0 Å². The Bertz CT molecular complexity index is 1730. The number of carbonyl (C=O) groups excluding carboxylic acids is 2. The maximum atomic E-state index is 13.7. The number of aliphatic hydroxyl groups excluding tert-OH is 2. The van der Waals surface area contributed by atoms with Crippen LogP contribution in [0, 0.1) is 24.0 Å². The maximum absolute atomic E-state index is 13.7. The van der Waals surface area contributed by atoms with Crippen LogP contribution >= 0.6 is 0 Å². The molecule has 0 bridgehead atoms. The number of nitrogens with one attached hydrogen (secondary N) is 3. The number of para-hydroxylation sites is 2. The van der Waals surface area contributed by atoms with Gasteiger partial charge >= 0.3 is 11.9 Å². The maximum Gasteiger partial charge on any atom is 0.336 e. The Labute approximate surface area is 321 Å². The van der Waals surface area contributed by atoms with Gasteiger partial charge in [0, 0.05) is 36.6 Å². The summed E-state index contributed by atoms with van der Waals surface area (Å²) in [5.74, 6) is -0.938. The zero-order valence-corrected chi connectivity index (χ0v) is 31.8. The van der Waals surface area contributed by atoms with Crippen molar-refractivity contribution in [3.63, 3.8) is 0 Å². The van der Waals surface area contributed by atoms with Crippen molar-refractivity contribution in [1.29, 1.82) is 0 Å². The van der Waals surface area contributed by atoms with Gasteiger partial charge < -0.3 is 45.1 Å². The van der Waals surface area contributed by atoms with Crippen LogP contribution < -0.4 is 25.4 Å². The van der Waals surface area contributed by atoms with Gasteiger partial charge in [0.1, 0.15) is 36.9 Å². The molecule has 296 valence electrons. The van der Waals surface area contributed by atoms with E-state index in [2.05, 4.69) is 16.0 Å². The minimum Gasteiger partial charge on any atom is -0.491 e. The van der Waals surface area contributed by atoms with Crippen molar-refractivity contribution in [3.05, 3.63) is 122 Å². The van der Waals surface area contributed by atoms with Crippen LogP contribution in [0.25, 0.3) is 0 Å². The molecule has 0 aromatic heterocycles. The molecule has 2 unspecified atom stereocenters.